The number of hydrogen-bond donors (Lipinski definition) is 2. The van der Waals surface area contributed by atoms with Crippen LogP contribution in [0.3, 0.4) is 0 Å². The summed E-state index contributed by atoms with van der Waals surface area (Å²) in [6, 6.07) is 3.30. The summed E-state index contributed by atoms with van der Waals surface area (Å²) in [7, 11) is 7.51. The van der Waals surface area contributed by atoms with Crippen LogP contribution in [0, 0.1) is 11.6 Å². The van der Waals surface area contributed by atoms with E-state index >= 15 is 0 Å². The molecule has 6 nitrogen and oxygen atoms in total. The summed E-state index contributed by atoms with van der Waals surface area (Å²) in [5, 5.41) is 10.6. The maximum Gasteiger partial charge on any atom is 0.191 e. The van der Waals surface area contributed by atoms with E-state index in [1.165, 1.54) is 12.1 Å². The maximum atomic E-state index is 13.9. The van der Waals surface area contributed by atoms with Gasteiger partial charge in [-0.05, 0) is 27.1 Å². The second kappa shape index (κ2) is 10.5. The average molecular weight is 492 g/mol. The van der Waals surface area contributed by atoms with Crippen molar-refractivity contribution in [3.8, 4) is 0 Å². The lowest BCUT2D eigenvalue weighted by molar-refractivity contribution is 0.298. The van der Waals surface area contributed by atoms with E-state index < -0.39 is 11.6 Å². The van der Waals surface area contributed by atoms with Crippen LogP contribution in [0.5, 0.6) is 0 Å². The molecular formula is C18H27F2IN6. The van der Waals surface area contributed by atoms with Crippen LogP contribution in [0.2, 0.25) is 0 Å². The van der Waals surface area contributed by atoms with E-state index in [2.05, 4.69) is 25.6 Å². The fourth-order valence-corrected chi connectivity index (χ4v) is 2.73. The minimum absolute atomic E-state index is 0. The molecule has 0 saturated carbocycles. The maximum absolute atomic E-state index is 13.9. The van der Waals surface area contributed by atoms with Gasteiger partial charge < -0.3 is 15.5 Å². The van der Waals surface area contributed by atoms with Gasteiger partial charge in [-0.2, -0.15) is 5.10 Å². The highest BCUT2D eigenvalue weighted by molar-refractivity contribution is 14.0. The normalized spacial score (nSPS) is 13.9. The number of hydrogen-bond acceptors (Lipinski definition) is 3. The molecule has 2 rings (SSSR count). The molecule has 0 radical (unpaired) electrons. The molecule has 0 saturated heterocycles. The third-order valence-corrected chi connectivity index (χ3v) is 4.20. The van der Waals surface area contributed by atoms with Gasteiger partial charge in [0.25, 0.3) is 0 Å². The number of aryl methyl sites for hydroxylation is 1. The topological polar surface area (TPSA) is 57.5 Å². The molecule has 2 aromatic rings. The lowest BCUT2D eigenvalue weighted by atomic mass is 10.1. The Morgan fingerprint density at radius 1 is 1.33 bits per heavy atom. The molecule has 0 aliphatic carbocycles. The Bertz CT molecular complexity index is 762. The van der Waals surface area contributed by atoms with Crippen LogP contribution >= 0.6 is 24.0 Å². The molecule has 0 fully saturated rings. The summed E-state index contributed by atoms with van der Waals surface area (Å²) >= 11 is 0. The number of guanidine groups is 1. The van der Waals surface area contributed by atoms with Gasteiger partial charge in [0.05, 0.1) is 18.3 Å². The lowest BCUT2D eigenvalue weighted by Gasteiger charge is -2.25. The largest absolute Gasteiger partial charge is 0.354 e. The smallest absolute Gasteiger partial charge is 0.191 e. The zero-order valence-electron chi connectivity index (χ0n) is 16.2. The van der Waals surface area contributed by atoms with E-state index in [9.17, 15) is 8.78 Å². The molecule has 2 unspecified atom stereocenters. The number of aliphatic imine (C=N–C) groups is 1. The fraction of sp³-hybridized carbons (Fsp3) is 0.444. The number of rotatable bonds is 6. The number of aromatic nitrogens is 2. The van der Waals surface area contributed by atoms with Crippen LogP contribution in [0.1, 0.15) is 30.1 Å². The monoisotopic (exact) mass is 492 g/mol. The zero-order valence-corrected chi connectivity index (χ0v) is 18.5. The first-order chi connectivity index (χ1) is 12.3. The van der Waals surface area contributed by atoms with Crippen molar-refractivity contribution < 1.29 is 8.78 Å². The van der Waals surface area contributed by atoms with E-state index in [0.717, 1.165) is 11.6 Å². The molecule has 0 bridgehead atoms. The van der Waals surface area contributed by atoms with Gasteiger partial charge >= 0.3 is 0 Å². The summed E-state index contributed by atoms with van der Waals surface area (Å²) in [5.74, 6) is -0.634. The lowest BCUT2D eigenvalue weighted by Crippen LogP contribution is -2.42. The Morgan fingerprint density at radius 3 is 2.56 bits per heavy atom. The van der Waals surface area contributed by atoms with Crippen molar-refractivity contribution in [2.24, 2.45) is 12.0 Å². The van der Waals surface area contributed by atoms with E-state index in [4.69, 9.17) is 0 Å². The third-order valence-electron chi connectivity index (χ3n) is 4.20. The molecule has 0 spiro atoms. The molecule has 0 aliphatic heterocycles. The van der Waals surface area contributed by atoms with Crippen LogP contribution in [0.25, 0.3) is 0 Å². The Hall–Kier alpha value is -1.75. The Morgan fingerprint density at radius 2 is 2.04 bits per heavy atom. The first kappa shape index (κ1) is 23.3. The van der Waals surface area contributed by atoms with Gasteiger partial charge in [0.15, 0.2) is 5.96 Å². The molecule has 150 valence electrons. The van der Waals surface area contributed by atoms with Gasteiger partial charge in [-0.25, -0.2) is 8.78 Å². The van der Waals surface area contributed by atoms with E-state index in [-0.39, 0.29) is 36.1 Å². The van der Waals surface area contributed by atoms with Crippen molar-refractivity contribution in [3.05, 3.63) is 53.4 Å². The van der Waals surface area contributed by atoms with Crippen LogP contribution in [-0.4, -0.2) is 48.3 Å². The van der Waals surface area contributed by atoms with Crippen molar-refractivity contribution in [2.45, 2.75) is 19.0 Å². The van der Waals surface area contributed by atoms with Crippen molar-refractivity contribution in [3.63, 3.8) is 0 Å². The zero-order chi connectivity index (χ0) is 19.3. The molecule has 27 heavy (non-hydrogen) atoms. The summed E-state index contributed by atoms with van der Waals surface area (Å²) in [6.07, 6.45) is 3.80. The van der Waals surface area contributed by atoms with E-state index in [0.29, 0.717) is 18.1 Å². The Kier molecular flexibility index (Phi) is 9.10. The Labute approximate surface area is 176 Å². The highest BCUT2D eigenvalue weighted by Crippen LogP contribution is 2.18. The van der Waals surface area contributed by atoms with Crippen molar-refractivity contribution in [1.82, 2.24) is 25.3 Å². The van der Waals surface area contributed by atoms with Crippen LogP contribution < -0.4 is 10.6 Å². The molecule has 0 aliphatic rings. The predicted octanol–water partition coefficient (Wildman–Crippen LogP) is 2.85. The summed E-state index contributed by atoms with van der Waals surface area (Å²) in [6.45, 7) is 2.39. The van der Waals surface area contributed by atoms with Gasteiger partial charge in [0, 0.05) is 44.0 Å². The molecule has 1 aromatic carbocycles. The van der Waals surface area contributed by atoms with Gasteiger partial charge in [-0.1, -0.05) is 6.07 Å². The first-order valence-corrected chi connectivity index (χ1v) is 8.39. The summed E-state index contributed by atoms with van der Waals surface area (Å²) in [4.78, 5) is 6.27. The number of nitrogens with one attached hydrogen (secondary N) is 2. The number of halogens is 3. The quantitative estimate of drug-likeness (QED) is 0.370. The average Bonchev–Trinajstić information content (AvgIpc) is 2.99. The second-order valence-electron chi connectivity index (χ2n) is 6.41. The Balaban J connectivity index is 0.00000364. The molecule has 9 heteroatoms. The van der Waals surface area contributed by atoms with Crippen LogP contribution in [-0.2, 0) is 7.05 Å². The number of likely N-dealkylation sites (N-methyl/N-ethyl adjacent to an activating group) is 1. The number of benzene rings is 1. The highest BCUT2D eigenvalue weighted by Gasteiger charge is 2.18. The minimum Gasteiger partial charge on any atom is -0.354 e. The van der Waals surface area contributed by atoms with Crippen LogP contribution in [0.15, 0.2) is 35.6 Å². The SMILES string of the molecule is CN=C(NCC(c1cnn(C)c1)N(C)C)NC(C)c1ccc(F)cc1F.I. The van der Waals surface area contributed by atoms with Crippen molar-refractivity contribution in [2.75, 3.05) is 27.7 Å². The van der Waals surface area contributed by atoms with Crippen LogP contribution in [0.4, 0.5) is 8.78 Å². The standard InChI is InChI=1S/C18H26F2N6.HI/c1-12(15-7-6-14(19)8-16(15)20)24-18(21-2)22-10-17(25(3)4)13-9-23-26(5)11-13;/h6-9,11-12,17H,10H2,1-5H3,(H2,21,22,24);1H. The number of nitrogens with zero attached hydrogens (tertiary/aromatic N) is 4. The molecule has 2 atom stereocenters. The van der Waals surface area contributed by atoms with Gasteiger partial charge in [0.2, 0.25) is 0 Å². The highest BCUT2D eigenvalue weighted by atomic mass is 127. The molecule has 1 aromatic heterocycles. The molecular weight excluding hydrogens is 465 g/mol. The van der Waals surface area contributed by atoms with Gasteiger partial charge in [-0.15, -0.1) is 24.0 Å². The predicted molar refractivity (Wildman–Crippen MR) is 114 cm³/mol. The van der Waals surface area contributed by atoms with Gasteiger partial charge in [-0.3, -0.25) is 9.67 Å². The third kappa shape index (κ3) is 6.42. The van der Waals surface area contributed by atoms with Crippen molar-refractivity contribution in [1.29, 1.82) is 0 Å². The first-order valence-electron chi connectivity index (χ1n) is 8.39. The molecule has 0 amide bonds. The molecule has 1 heterocycles. The van der Waals surface area contributed by atoms with E-state index in [1.807, 2.05) is 33.5 Å². The van der Waals surface area contributed by atoms with E-state index in [1.54, 1.807) is 18.7 Å². The second-order valence-corrected chi connectivity index (χ2v) is 6.41. The summed E-state index contributed by atoms with van der Waals surface area (Å²) < 4.78 is 28.8. The fourth-order valence-electron chi connectivity index (χ4n) is 2.73. The van der Waals surface area contributed by atoms with Crippen molar-refractivity contribution >= 4 is 29.9 Å². The summed E-state index contributed by atoms with van der Waals surface area (Å²) in [5.41, 5.74) is 1.46. The minimum atomic E-state index is -0.591. The molecule has 2 N–H and O–H groups in total. The van der Waals surface area contributed by atoms with Gasteiger partial charge in [0.1, 0.15) is 11.6 Å².